The highest BCUT2D eigenvalue weighted by atomic mass is 35.5. The molecule has 0 aliphatic rings. The summed E-state index contributed by atoms with van der Waals surface area (Å²) in [5.41, 5.74) is 0.186. The van der Waals surface area contributed by atoms with Crippen LogP contribution in [0.25, 0.3) is 0 Å². The van der Waals surface area contributed by atoms with Crippen molar-refractivity contribution in [1.82, 2.24) is 16.0 Å². The van der Waals surface area contributed by atoms with Gasteiger partial charge in [0.05, 0.1) is 11.9 Å². The second-order valence-corrected chi connectivity index (χ2v) is 9.22. The lowest BCUT2D eigenvalue weighted by atomic mass is 10.00. The predicted octanol–water partition coefficient (Wildman–Crippen LogP) is 2.58. The minimum Gasteiger partial charge on any atom is -0.444 e. The molecule has 0 aliphatic carbocycles. The van der Waals surface area contributed by atoms with Crippen LogP contribution in [-0.4, -0.2) is 53.8 Å². The Labute approximate surface area is 194 Å². The van der Waals surface area contributed by atoms with Crippen molar-refractivity contribution in [2.45, 2.75) is 65.1 Å². The van der Waals surface area contributed by atoms with Gasteiger partial charge in [0.2, 0.25) is 11.8 Å². The van der Waals surface area contributed by atoms with E-state index in [0.717, 1.165) is 5.56 Å². The highest BCUT2D eigenvalue weighted by Gasteiger charge is 2.27. The van der Waals surface area contributed by atoms with Crippen LogP contribution in [0.3, 0.4) is 0 Å². The zero-order valence-corrected chi connectivity index (χ0v) is 20.1. The maximum atomic E-state index is 12.9. The van der Waals surface area contributed by atoms with E-state index in [1.807, 2.05) is 44.2 Å². The van der Waals surface area contributed by atoms with E-state index in [4.69, 9.17) is 16.3 Å². The van der Waals surface area contributed by atoms with E-state index in [-0.39, 0.29) is 24.1 Å². The number of ketones is 1. The third-order valence-electron chi connectivity index (χ3n) is 4.27. The van der Waals surface area contributed by atoms with E-state index >= 15 is 0 Å². The molecule has 0 aromatic heterocycles. The van der Waals surface area contributed by atoms with Crippen LogP contribution in [0.2, 0.25) is 0 Å². The van der Waals surface area contributed by atoms with Crippen molar-refractivity contribution in [3.05, 3.63) is 35.9 Å². The topological polar surface area (TPSA) is 114 Å². The summed E-state index contributed by atoms with van der Waals surface area (Å²) in [5, 5.41) is 7.71. The van der Waals surface area contributed by atoms with Crippen LogP contribution in [0.15, 0.2) is 30.3 Å². The Morgan fingerprint density at radius 2 is 1.62 bits per heavy atom. The summed E-state index contributed by atoms with van der Waals surface area (Å²) >= 11 is 5.74. The summed E-state index contributed by atoms with van der Waals surface area (Å²) in [5.74, 6) is -1.48. The third-order valence-corrected chi connectivity index (χ3v) is 4.53. The Bertz CT molecular complexity index is 778. The number of ether oxygens (including phenoxy) is 1. The van der Waals surface area contributed by atoms with E-state index in [1.54, 1.807) is 20.8 Å². The molecule has 1 rings (SSSR count). The molecule has 0 aliphatic heterocycles. The summed E-state index contributed by atoms with van der Waals surface area (Å²) < 4.78 is 5.09. The Kier molecular flexibility index (Phi) is 11.2. The fourth-order valence-corrected chi connectivity index (χ4v) is 3.06. The predicted molar refractivity (Wildman–Crippen MR) is 123 cm³/mol. The number of nitrogens with one attached hydrogen (secondary N) is 3. The largest absolute Gasteiger partial charge is 0.444 e. The Morgan fingerprint density at radius 1 is 1.00 bits per heavy atom. The molecule has 178 valence electrons. The average molecular weight is 468 g/mol. The molecule has 0 radical (unpaired) electrons. The summed E-state index contributed by atoms with van der Waals surface area (Å²) in [7, 11) is 0. The molecule has 2 atom stereocenters. The number of halogens is 1. The molecule has 8 nitrogen and oxygen atoms in total. The third kappa shape index (κ3) is 11.1. The van der Waals surface area contributed by atoms with Crippen LogP contribution < -0.4 is 16.0 Å². The molecule has 0 saturated heterocycles. The molecule has 3 amide bonds. The molecule has 0 heterocycles. The van der Waals surface area contributed by atoms with Gasteiger partial charge < -0.3 is 20.7 Å². The number of alkyl halides is 1. The first-order valence-corrected chi connectivity index (χ1v) is 11.1. The van der Waals surface area contributed by atoms with Gasteiger partial charge in [-0.15, -0.1) is 11.6 Å². The summed E-state index contributed by atoms with van der Waals surface area (Å²) in [6.07, 6.45) is -0.0780. The summed E-state index contributed by atoms with van der Waals surface area (Å²) in [4.78, 5) is 49.3. The van der Waals surface area contributed by atoms with Gasteiger partial charge in [0.25, 0.3) is 0 Å². The fourth-order valence-electron chi connectivity index (χ4n) is 2.88. The quantitative estimate of drug-likeness (QED) is 0.433. The van der Waals surface area contributed by atoms with E-state index in [0.29, 0.717) is 12.8 Å². The fraction of sp³-hybridized carbons (Fsp3) is 0.565. The monoisotopic (exact) mass is 467 g/mol. The van der Waals surface area contributed by atoms with Crippen molar-refractivity contribution in [1.29, 1.82) is 0 Å². The first-order chi connectivity index (χ1) is 14.9. The van der Waals surface area contributed by atoms with Gasteiger partial charge in [-0.25, -0.2) is 4.79 Å². The number of benzene rings is 1. The van der Waals surface area contributed by atoms with Gasteiger partial charge in [-0.2, -0.15) is 0 Å². The van der Waals surface area contributed by atoms with Crippen molar-refractivity contribution in [3.63, 3.8) is 0 Å². The number of alkyl carbamates (subject to hydrolysis) is 1. The highest BCUT2D eigenvalue weighted by Crippen LogP contribution is 2.09. The first-order valence-electron chi connectivity index (χ1n) is 10.6. The molecular formula is C23H34ClN3O5. The number of hydrogen-bond donors (Lipinski definition) is 3. The smallest absolute Gasteiger partial charge is 0.408 e. The van der Waals surface area contributed by atoms with Crippen molar-refractivity contribution >= 4 is 35.3 Å². The molecule has 0 unspecified atom stereocenters. The van der Waals surface area contributed by atoms with Gasteiger partial charge in [0, 0.05) is 0 Å². The second kappa shape index (κ2) is 13.1. The Morgan fingerprint density at radius 3 is 2.16 bits per heavy atom. The zero-order chi connectivity index (χ0) is 24.3. The van der Waals surface area contributed by atoms with Crippen LogP contribution in [0.4, 0.5) is 4.79 Å². The molecule has 3 N–H and O–H groups in total. The highest BCUT2D eigenvalue weighted by molar-refractivity contribution is 6.28. The maximum Gasteiger partial charge on any atom is 0.408 e. The van der Waals surface area contributed by atoms with Gasteiger partial charge in [-0.05, 0) is 45.1 Å². The van der Waals surface area contributed by atoms with E-state index < -0.39 is 35.6 Å². The Balaban J connectivity index is 2.78. The summed E-state index contributed by atoms with van der Waals surface area (Å²) in [6, 6.07) is 7.59. The van der Waals surface area contributed by atoms with Gasteiger partial charge >= 0.3 is 6.09 Å². The van der Waals surface area contributed by atoms with Crippen molar-refractivity contribution in [2.24, 2.45) is 5.92 Å². The minimum absolute atomic E-state index is 0.0983. The lowest BCUT2D eigenvalue weighted by Crippen LogP contribution is -2.54. The molecule has 1 aromatic carbocycles. The molecular weight excluding hydrogens is 434 g/mol. The normalized spacial score (nSPS) is 13.1. The molecule has 0 saturated carbocycles. The average Bonchev–Trinajstić information content (AvgIpc) is 2.69. The van der Waals surface area contributed by atoms with E-state index in [1.165, 1.54) is 0 Å². The lowest BCUT2D eigenvalue weighted by molar-refractivity contribution is -0.131. The molecule has 32 heavy (non-hydrogen) atoms. The lowest BCUT2D eigenvalue weighted by Gasteiger charge is -2.24. The minimum atomic E-state index is -0.871. The number of amides is 3. The standard InChI is InChI=1S/C23H34ClN3O5/c1-15(2)11-18(26-20(29)14-25-22(31)32-23(3,4)5)21(30)27-17(19(28)13-24)12-16-9-7-6-8-10-16/h6-10,15,17-18H,11-14H2,1-5H3,(H,25,31)(H,26,29)(H,27,30)/t17-,18-/m0/s1. The number of carbonyl (C=O) groups excluding carboxylic acids is 4. The van der Waals surface area contributed by atoms with Crippen molar-refractivity contribution < 1.29 is 23.9 Å². The van der Waals surface area contributed by atoms with Crippen molar-refractivity contribution in [3.8, 4) is 0 Å². The molecule has 9 heteroatoms. The maximum absolute atomic E-state index is 12.9. The van der Waals surface area contributed by atoms with Crippen LogP contribution >= 0.6 is 11.6 Å². The number of Topliss-reactive ketones (excluding diaryl/α,β-unsaturated/α-hetero) is 1. The van der Waals surface area contributed by atoms with E-state index in [2.05, 4.69) is 16.0 Å². The van der Waals surface area contributed by atoms with Crippen molar-refractivity contribution in [2.75, 3.05) is 12.4 Å². The molecule has 0 fully saturated rings. The van der Waals surface area contributed by atoms with Crippen LogP contribution in [0.5, 0.6) is 0 Å². The van der Waals surface area contributed by atoms with E-state index in [9.17, 15) is 19.2 Å². The van der Waals surface area contributed by atoms with Gasteiger partial charge in [0.1, 0.15) is 18.2 Å². The number of rotatable bonds is 11. The number of carbonyl (C=O) groups is 4. The Hall–Kier alpha value is -2.61. The second-order valence-electron chi connectivity index (χ2n) is 8.96. The van der Waals surface area contributed by atoms with Gasteiger partial charge in [0.15, 0.2) is 5.78 Å². The number of hydrogen-bond acceptors (Lipinski definition) is 5. The first kappa shape index (κ1) is 27.4. The molecule has 1 aromatic rings. The molecule has 0 spiro atoms. The van der Waals surface area contributed by atoms with Gasteiger partial charge in [-0.3, -0.25) is 14.4 Å². The summed E-state index contributed by atoms with van der Waals surface area (Å²) in [6.45, 7) is 8.62. The molecule has 0 bridgehead atoms. The van der Waals surface area contributed by atoms with Crippen LogP contribution in [0, 0.1) is 5.92 Å². The van der Waals surface area contributed by atoms with Gasteiger partial charge in [-0.1, -0.05) is 44.2 Å². The van der Waals surface area contributed by atoms with Crippen LogP contribution in [0.1, 0.15) is 46.6 Å². The zero-order valence-electron chi connectivity index (χ0n) is 19.4. The SMILES string of the molecule is CC(C)C[C@H](NC(=O)CNC(=O)OC(C)(C)C)C(=O)N[C@@H](Cc1ccccc1)C(=O)CCl. The van der Waals surface area contributed by atoms with Crippen LogP contribution in [-0.2, 0) is 25.5 Å².